The summed E-state index contributed by atoms with van der Waals surface area (Å²) >= 11 is 1.70. The average Bonchev–Trinajstić information content (AvgIpc) is 3.45. The number of carbonyl (C=O) groups is 1. The molecule has 1 aliphatic heterocycles. The Hall–Kier alpha value is -3.06. The molecule has 31 heavy (non-hydrogen) atoms. The maximum absolute atomic E-state index is 13.1. The standard InChI is InChI=1S/C24H24N4O2S/c1-16-9-11-17(12-10-16)23-26-21(30-27-23)13-14-22(29)28-15-5-4-7-19(28)24-25-18-6-2-3-8-20(18)31-24/h2-3,6,8-12,19H,4-5,7,13-15H2,1H3. The van der Waals surface area contributed by atoms with Gasteiger partial charge in [0.25, 0.3) is 0 Å². The highest BCUT2D eigenvalue weighted by molar-refractivity contribution is 7.18. The lowest BCUT2D eigenvalue weighted by atomic mass is 10.0. The predicted molar refractivity (Wildman–Crippen MR) is 121 cm³/mol. The first-order valence-corrected chi connectivity index (χ1v) is 11.5. The number of aromatic nitrogens is 3. The van der Waals surface area contributed by atoms with Crippen LogP contribution in [0.5, 0.6) is 0 Å². The first kappa shape index (κ1) is 19.9. The van der Waals surface area contributed by atoms with E-state index in [1.54, 1.807) is 11.3 Å². The van der Waals surface area contributed by atoms with Crippen LogP contribution in [0, 0.1) is 6.92 Å². The predicted octanol–water partition coefficient (Wildman–Crippen LogP) is 5.34. The molecule has 1 aliphatic rings. The van der Waals surface area contributed by atoms with Crippen LogP contribution in [0.4, 0.5) is 0 Å². The number of likely N-dealkylation sites (tertiary alicyclic amines) is 1. The van der Waals surface area contributed by atoms with Crippen LogP contribution in [-0.2, 0) is 11.2 Å². The van der Waals surface area contributed by atoms with Gasteiger partial charge in [0.2, 0.25) is 17.6 Å². The number of rotatable bonds is 5. The van der Waals surface area contributed by atoms with Gasteiger partial charge >= 0.3 is 0 Å². The number of fused-ring (bicyclic) bond motifs is 1. The number of hydrogen-bond acceptors (Lipinski definition) is 6. The first-order valence-electron chi connectivity index (χ1n) is 10.7. The van der Waals surface area contributed by atoms with Crippen molar-refractivity contribution < 1.29 is 9.32 Å². The van der Waals surface area contributed by atoms with E-state index in [4.69, 9.17) is 9.51 Å². The Balaban J connectivity index is 1.27. The van der Waals surface area contributed by atoms with Crippen LogP contribution in [-0.4, -0.2) is 32.5 Å². The molecule has 2 aromatic carbocycles. The highest BCUT2D eigenvalue weighted by Gasteiger charge is 2.30. The number of benzene rings is 2. The number of thiazole rings is 1. The molecule has 1 saturated heterocycles. The quantitative estimate of drug-likeness (QED) is 0.426. The Morgan fingerprint density at radius 2 is 1.97 bits per heavy atom. The van der Waals surface area contributed by atoms with E-state index in [1.165, 1.54) is 10.3 Å². The number of carbonyl (C=O) groups excluding carboxylic acids is 1. The largest absolute Gasteiger partial charge is 0.339 e. The lowest BCUT2D eigenvalue weighted by Crippen LogP contribution is -2.38. The molecule has 6 nitrogen and oxygen atoms in total. The van der Waals surface area contributed by atoms with E-state index in [2.05, 4.69) is 16.2 Å². The summed E-state index contributed by atoms with van der Waals surface area (Å²) in [6.45, 7) is 2.82. The smallest absolute Gasteiger partial charge is 0.227 e. The second-order valence-corrected chi connectivity index (χ2v) is 9.06. The van der Waals surface area contributed by atoms with E-state index in [0.29, 0.717) is 24.6 Å². The lowest BCUT2D eigenvalue weighted by molar-refractivity contribution is -0.135. The van der Waals surface area contributed by atoms with E-state index in [1.807, 2.05) is 54.3 Å². The fourth-order valence-corrected chi connectivity index (χ4v) is 5.17. The molecule has 4 aromatic rings. The molecule has 1 amide bonds. The van der Waals surface area contributed by atoms with Crippen LogP contribution < -0.4 is 0 Å². The summed E-state index contributed by atoms with van der Waals surface area (Å²) in [5, 5.41) is 5.11. The molecule has 0 radical (unpaired) electrons. The fourth-order valence-electron chi connectivity index (χ4n) is 4.05. The first-order chi connectivity index (χ1) is 15.2. The molecular formula is C24H24N4O2S. The minimum absolute atomic E-state index is 0.0597. The Morgan fingerprint density at radius 1 is 1.13 bits per heavy atom. The highest BCUT2D eigenvalue weighted by atomic mass is 32.1. The Labute approximate surface area is 184 Å². The zero-order chi connectivity index (χ0) is 21.2. The number of para-hydroxylation sites is 1. The molecule has 0 aliphatic carbocycles. The summed E-state index contributed by atoms with van der Waals surface area (Å²) in [6, 6.07) is 16.2. The SMILES string of the molecule is Cc1ccc(-c2noc(CCC(=O)N3CCCCC3c3nc4ccccc4s3)n2)cc1. The summed E-state index contributed by atoms with van der Waals surface area (Å²) in [5.41, 5.74) is 3.11. The normalized spacial score (nSPS) is 16.7. The van der Waals surface area contributed by atoms with Crippen molar-refractivity contribution in [2.75, 3.05) is 6.54 Å². The van der Waals surface area contributed by atoms with Crippen molar-refractivity contribution in [1.82, 2.24) is 20.0 Å². The fraction of sp³-hybridized carbons (Fsp3) is 0.333. The van der Waals surface area contributed by atoms with Gasteiger partial charge in [-0.1, -0.05) is 47.1 Å². The molecule has 5 rings (SSSR count). The molecule has 158 valence electrons. The van der Waals surface area contributed by atoms with E-state index in [0.717, 1.165) is 41.9 Å². The monoisotopic (exact) mass is 432 g/mol. The van der Waals surface area contributed by atoms with Crippen molar-refractivity contribution in [3.05, 3.63) is 65.0 Å². The number of aryl methyl sites for hydroxylation is 2. The lowest BCUT2D eigenvalue weighted by Gasteiger charge is -2.34. The van der Waals surface area contributed by atoms with Gasteiger partial charge in [0.1, 0.15) is 5.01 Å². The van der Waals surface area contributed by atoms with Gasteiger partial charge in [0, 0.05) is 24.9 Å². The zero-order valence-corrected chi connectivity index (χ0v) is 18.3. The summed E-state index contributed by atoms with van der Waals surface area (Å²) in [5.74, 6) is 1.18. The maximum atomic E-state index is 13.1. The van der Waals surface area contributed by atoms with E-state index in [9.17, 15) is 4.79 Å². The van der Waals surface area contributed by atoms with Crippen LogP contribution in [0.15, 0.2) is 53.1 Å². The van der Waals surface area contributed by atoms with Gasteiger partial charge in [-0.05, 0) is 38.3 Å². The van der Waals surface area contributed by atoms with E-state index in [-0.39, 0.29) is 11.9 Å². The van der Waals surface area contributed by atoms with E-state index < -0.39 is 0 Å². The number of piperidine rings is 1. The van der Waals surface area contributed by atoms with Crippen molar-refractivity contribution >= 4 is 27.5 Å². The van der Waals surface area contributed by atoms with Crippen LogP contribution >= 0.6 is 11.3 Å². The summed E-state index contributed by atoms with van der Waals surface area (Å²) in [6.07, 6.45) is 3.92. The van der Waals surface area contributed by atoms with Crippen LogP contribution in [0.2, 0.25) is 0 Å². The van der Waals surface area contributed by atoms with Crippen LogP contribution in [0.25, 0.3) is 21.6 Å². The van der Waals surface area contributed by atoms with Gasteiger partial charge in [-0.25, -0.2) is 4.98 Å². The van der Waals surface area contributed by atoms with Gasteiger partial charge < -0.3 is 9.42 Å². The average molecular weight is 433 g/mol. The van der Waals surface area contributed by atoms with Crippen molar-refractivity contribution in [2.24, 2.45) is 0 Å². The third kappa shape index (κ3) is 4.23. The zero-order valence-electron chi connectivity index (χ0n) is 17.5. The van der Waals surface area contributed by atoms with Gasteiger partial charge in [0.15, 0.2) is 0 Å². The number of amides is 1. The van der Waals surface area contributed by atoms with Gasteiger partial charge in [-0.15, -0.1) is 11.3 Å². The topological polar surface area (TPSA) is 72.1 Å². The van der Waals surface area contributed by atoms with Crippen LogP contribution in [0.3, 0.4) is 0 Å². The molecule has 3 heterocycles. The van der Waals surface area contributed by atoms with Crippen molar-refractivity contribution in [3.63, 3.8) is 0 Å². The number of hydrogen-bond donors (Lipinski definition) is 0. The minimum atomic E-state index is 0.0597. The second-order valence-electron chi connectivity index (χ2n) is 8.00. The molecule has 1 unspecified atom stereocenters. The van der Waals surface area contributed by atoms with Crippen molar-refractivity contribution in [1.29, 1.82) is 0 Å². The third-order valence-corrected chi connectivity index (χ3v) is 6.89. The van der Waals surface area contributed by atoms with Gasteiger partial charge in [0.05, 0.1) is 16.3 Å². The molecule has 7 heteroatoms. The molecule has 0 spiro atoms. The molecule has 0 bridgehead atoms. The highest BCUT2D eigenvalue weighted by Crippen LogP contribution is 2.36. The van der Waals surface area contributed by atoms with Crippen molar-refractivity contribution in [3.8, 4) is 11.4 Å². The van der Waals surface area contributed by atoms with Gasteiger partial charge in [-0.3, -0.25) is 4.79 Å². The minimum Gasteiger partial charge on any atom is -0.339 e. The molecular weight excluding hydrogens is 408 g/mol. The Morgan fingerprint density at radius 3 is 2.81 bits per heavy atom. The molecule has 0 N–H and O–H groups in total. The van der Waals surface area contributed by atoms with Gasteiger partial charge in [-0.2, -0.15) is 4.98 Å². The molecule has 2 aromatic heterocycles. The summed E-state index contributed by atoms with van der Waals surface area (Å²) < 4.78 is 6.57. The van der Waals surface area contributed by atoms with E-state index >= 15 is 0 Å². The summed E-state index contributed by atoms with van der Waals surface area (Å²) in [4.78, 5) is 24.4. The number of nitrogens with zero attached hydrogens (tertiary/aromatic N) is 4. The third-order valence-electron chi connectivity index (χ3n) is 5.75. The van der Waals surface area contributed by atoms with Crippen LogP contribution in [0.1, 0.15) is 48.2 Å². The van der Waals surface area contributed by atoms with Crippen molar-refractivity contribution in [2.45, 2.75) is 45.1 Å². The second kappa shape index (κ2) is 8.59. The summed E-state index contributed by atoms with van der Waals surface area (Å²) in [7, 11) is 0. The Bertz CT molecular complexity index is 1160. The maximum Gasteiger partial charge on any atom is 0.227 e. The Kier molecular flexibility index (Phi) is 5.51. The molecule has 1 atom stereocenters. The molecule has 0 saturated carbocycles. The molecule has 1 fully saturated rings.